The Morgan fingerprint density at radius 1 is 1.21 bits per heavy atom. The van der Waals surface area contributed by atoms with Crippen molar-refractivity contribution < 1.29 is 14.6 Å². The van der Waals surface area contributed by atoms with Gasteiger partial charge in [-0.15, -0.1) is 0 Å². The second kappa shape index (κ2) is 11.5. The van der Waals surface area contributed by atoms with Crippen molar-refractivity contribution in [1.82, 2.24) is 19.9 Å². The molecule has 3 aromatic rings. The molecule has 3 aromatic heterocycles. The summed E-state index contributed by atoms with van der Waals surface area (Å²) in [4.78, 5) is 33.3. The summed E-state index contributed by atoms with van der Waals surface area (Å²) in [6.07, 6.45) is 2.51. The minimum Gasteiger partial charge on any atom is -0.392 e. The lowest BCUT2D eigenvalue weighted by Crippen LogP contribution is -2.37. The lowest BCUT2D eigenvalue weighted by molar-refractivity contribution is 0.102. The molecule has 3 N–H and O–H groups in total. The summed E-state index contributed by atoms with van der Waals surface area (Å²) < 4.78 is 5.49. The van der Waals surface area contributed by atoms with E-state index >= 15 is 0 Å². The Morgan fingerprint density at radius 3 is 2.58 bits per heavy atom. The van der Waals surface area contributed by atoms with Gasteiger partial charge in [-0.1, -0.05) is 0 Å². The number of hydrogen-bond donors (Lipinski definition) is 3. The summed E-state index contributed by atoms with van der Waals surface area (Å²) in [6, 6.07) is 9.21. The number of anilines is 3. The molecule has 38 heavy (non-hydrogen) atoms. The second-order valence-corrected chi connectivity index (χ2v) is 9.71. The SMILES string of the molecule is Cc1nc(C(C)(C)C#N)c(NC(=O)c2ccncc2)cc1-c1cc(N2CCOCC2)nc(NC[C@H](C)O)n1. The van der Waals surface area contributed by atoms with Gasteiger partial charge in [-0.3, -0.25) is 14.8 Å². The number of amides is 1. The van der Waals surface area contributed by atoms with Gasteiger partial charge < -0.3 is 25.4 Å². The van der Waals surface area contributed by atoms with Crippen LogP contribution in [0.2, 0.25) is 0 Å². The smallest absolute Gasteiger partial charge is 0.255 e. The van der Waals surface area contributed by atoms with Gasteiger partial charge in [0.2, 0.25) is 5.95 Å². The summed E-state index contributed by atoms with van der Waals surface area (Å²) in [5.41, 5.74) is 2.29. The van der Waals surface area contributed by atoms with Gasteiger partial charge in [-0.25, -0.2) is 4.98 Å². The number of morpholine rings is 1. The molecule has 0 aromatic carbocycles. The van der Waals surface area contributed by atoms with E-state index in [4.69, 9.17) is 14.7 Å². The molecule has 198 valence electrons. The zero-order valence-electron chi connectivity index (χ0n) is 22.0. The highest BCUT2D eigenvalue weighted by molar-refractivity contribution is 6.04. The summed E-state index contributed by atoms with van der Waals surface area (Å²) in [5, 5.41) is 25.7. The molecule has 4 rings (SSSR count). The molecule has 11 heteroatoms. The Kier molecular flexibility index (Phi) is 8.14. The van der Waals surface area contributed by atoms with Crippen LogP contribution in [0.25, 0.3) is 11.3 Å². The summed E-state index contributed by atoms with van der Waals surface area (Å²) in [5.74, 6) is 0.748. The van der Waals surface area contributed by atoms with E-state index in [1.54, 1.807) is 51.4 Å². The second-order valence-electron chi connectivity index (χ2n) is 9.71. The molecule has 4 heterocycles. The van der Waals surface area contributed by atoms with Crippen molar-refractivity contribution in [3.8, 4) is 17.3 Å². The Bertz CT molecular complexity index is 1330. The van der Waals surface area contributed by atoms with Gasteiger partial charge >= 0.3 is 0 Å². The minimum absolute atomic E-state index is 0.284. The molecule has 0 unspecified atom stereocenters. The zero-order valence-corrected chi connectivity index (χ0v) is 22.0. The van der Waals surface area contributed by atoms with Crippen LogP contribution in [0.1, 0.15) is 42.5 Å². The highest BCUT2D eigenvalue weighted by Crippen LogP contribution is 2.34. The third-order valence-electron chi connectivity index (χ3n) is 6.15. The van der Waals surface area contributed by atoms with Gasteiger partial charge in [0.15, 0.2) is 0 Å². The van der Waals surface area contributed by atoms with Crippen LogP contribution in [-0.4, -0.2) is 69.9 Å². The number of rotatable bonds is 8. The first kappa shape index (κ1) is 26.9. The van der Waals surface area contributed by atoms with Crippen LogP contribution in [-0.2, 0) is 10.2 Å². The molecule has 0 bridgehead atoms. The van der Waals surface area contributed by atoms with Crippen LogP contribution in [0.4, 0.5) is 17.5 Å². The molecule has 0 spiro atoms. The predicted octanol–water partition coefficient (Wildman–Crippen LogP) is 2.92. The quantitative estimate of drug-likeness (QED) is 0.408. The van der Waals surface area contributed by atoms with Crippen LogP contribution in [0, 0.1) is 18.3 Å². The van der Waals surface area contributed by atoms with E-state index in [9.17, 15) is 15.2 Å². The van der Waals surface area contributed by atoms with Crippen molar-refractivity contribution in [2.75, 3.05) is 48.4 Å². The van der Waals surface area contributed by atoms with Crippen molar-refractivity contribution in [2.45, 2.75) is 39.2 Å². The Hall–Kier alpha value is -4.14. The maximum atomic E-state index is 13.1. The third-order valence-corrected chi connectivity index (χ3v) is 6.15. The van der Waals surface area contributed by atoms with E-state index < -0.39 is 11.5 Å². The fraction of sp³-hybridized carbons (Fsp3) is 0.407. The van der Waals surface area contributed by atoms with Gasteiger partial charge in [0, 0.05) is 54.9 Å². The topological polar surface area (TPSA) is 149 Å². The van der Waals surface area contributed by atoms with Gasteiger partial charge in [-0.05, 0) is 45.9 Å². The molecule has 0 aliphatic carbocycles. The highest BCUT2D eigenvalue weighted by Gasteiger charge is 2.28. The van der Waals surface area contributed by atoms with Crippen molar-refractivity contribution >= 4 is 23.4 Å². The molecule has 1 fully saturated rings. The normalized spacial score (nSPS) is 14.5. The molecule has 0 radical (unpaired) electrons. The average Bonchev–Trinajstić information content (AvgIpc) is 2.93. The van der Waals surface area contributed by atoms with Crippen molar-refractivity contribution in [1.29, 1.82) is 5.26 Å². The number of carbonyl (C=O) groups is 1. The fourth-order valence-electron chi connectivity index (χ4n) is 4.03. The van der Waals surface area contributed by atoms with Crippen LogP contribution >= 0.6 is 0 Å². The first-order valence-corrected chi connectivity index (χ1v) is 12.5. The number of ether oxygens (including phenoxy) is 1. The lowest BCUT2D eigenvalue weighted by Gasteiger charge is -2.28. The number of nitrogens with one attached hydrogen (secondary N) is 2. The van der Waals surface area contributed by atoms with E-state index in [1.165, 1.54) is 0 Å². The third kappa shape index (κ3) is 6.22. The Labute approximate surface area is 221 Å². The fourth-order valence-corrected chi connectivity index (χ4v) is 4.03. The van der Waals surface area contributed by atoms with Crippen molar-refractivity contribution in [2.24, 2.45) is 0 Å². The average molecular weight is 517 g/mol. The molecule has 1 aliphatic rings. The maximum Gasteiger partial charge on any atom is 0.255 e. The predicted molar refractivity (Wildman–Crippen MR) is 144 cm³/mol. The first-order chi connectivity index (χ1) is 18.2. The van der Waals surface area contributed by atoms with Gasteiger partial charge in [0.05, 0.1) is 47.9 Å². The molecule has 1 amide bonds. The summed E-state index contributed by atoms with van der Waals surface area (Å²) in [6.45, 7) is 9.90. The van der Waals surface area contributed by atoms with Gasteiger partial charge in [-0.2, -0.15) is 10.2 Å². The molecule has 1 atom stereocenters. The van der Waals surface area contributed by atoms with E-state index in [0.717, 1.165) is 5.82 Å². The number of aliphatic hydroxyl groups excluding tert-OH is 1. The highest BCUT2D eigenvalue weighted by atomic mass is 16.5. The number of nitriles is 1. The number of hydrogen-bond acceptors (Lipinski definition) is 10. The first-order valence-electron chi connectivity index (χ1n) is 12.5. The Balaban J connectivity index is 1.81. The number of carbonyl (C=O) groups excluding carboxylic acids is 1. The number of aromatic nitrogens is 4. The minimum atomic E-state index is -0.960. The molecular weight excluding hydrogens is 484 g/mol. The number of pyridine rings is 2. The zero-order chi connectivity index (χ0) is 27.3. The maximum absolute atomic E-state index is 13.1. The van der Waals surface area contributed by atoms with Crippen LogP contribution in [0.15, 0.2) is 36.7 Å². The molecule has 1 aliphatic heterocycles. The number of aryl methyl sites for hydroxylation is 1. The van der Waals surface area contributed by atoms with Crippen LogP contribution < -0.4 is 15.5 Å². The Morgan fingerprint density at radius 2 is 1.92 bits per heavy atom. The van der Waals surface area contributed by atoms with E-state index in [-0.39, 0.29) is 12.5 Å². The van der Waals surface area contributed by atoms with Crippen LogP contribution in [0.3, 0.4) is 0 Å². The number of aliphatic hydroxyl groups is 1. The number of nitrogens with zero attached hydrogens (tertiary/aromatic N) is 6. The van der Waals surface area contributed by atoms with Crippen LogP contribution in [0.5, 0.6) is 0 Å². The summed E-state index contributed by atoms with van der Waals surface area (Å²) in [7, 11) is 0. The van der Waals surface area contributed by atoms with Crippen molar-refractivity contribution in [3.05, 3.63) is 53.6 Å². The van der Waals surface area contributed by atoms with Gasteiger partial charge in [0.25, 0.3) is 5.91 Å². The van der Waals surface area contributed by atoms with E-state index in [2.05, 4.69) is 31.6 Å². The van der Waals surface area contributed by atoms with E-state index in [1.807, 2.05) is 13.0 Å². The molecule has 1 saturated heterocycles. The molecule has 11 nitrogen and oxygen atoms in total. The standard InChI is InChI=1S/C27H32N8O3/c1-17(36)15-30-26-33-21(14-23(34-26)35-9-11-38-12-10-35)20-13-22(24(31-18(20)2)27(3,4)16-28)32-25(37)19-5-7-29-8-6-19/h5-8,13-14,17,36H,9-12,15H2,1-4H3,(H,32,37)(H,30,33,34)/t17-/m0/s1. The molecular formula is C27H32N8O3. The lowest BCUT2D eigenvalue weighted by atomic mass is 9.88. The summed E-state index contributed by atoms with van der Waals surface area (Å²) >= 11 is 0. The largest absolute Gasteiger partial charge is 0.392 e. The van der Waals surface area contributed by atoms with E-state index in [0.29, 0.717) is 66.1 Å². The molecule has 0 saturated carbocycles. The monoisotopic (exact) mass is 516 g/mol. The van der Waals surface area contributed by atoms with Gasteiger partial charge in [0.1, 0.15) is 5.82 Å². The van der Waals surface area contributed by atoms with Crippen molar-refractivity contribution in [3.63, 3.8) is 0 Å².